The highest BCUT2D eigenvalue weighted by molar-refractivity contribution is 5.95. The maximum Gasteiger partial charge on any atom is 0.315 e. The van der Waals surface area contributed by atoms with Gasteiger partial charge in [-0.3, -0.25) is 14.9 Å². The Balaban J connectivity index is 0.00000288. The van der Waals surface area contributed by atoms with Crippen molar-refractivity contribution in [2.45, 2.75) is 37.6 Å². The number of anilines is 1. The Morgan fingerprint density at radius 3 is 2.33 bits per heavy atom. The zero-order valence-corrected chi connectivity index (χ0v) is 14.5. The number of hydrogen-bond acceptors (Lipinski definition) is 4. The summed E-state index contributed by atoms with van der Waals surface area (Å²) >= 11 is 0. The molecule has 1 heterocycles. The van der Waals surface area contributed by atoms with E-state index < -0.39 is 36.3 Å². The minimum Gasteiger partial charge on any atom is -0.468 e. The molecule has 1 saturated heterocycles. The third kappa shape index (κ3) is 4.42. The summed E-state index contributed by atoms with van der Waals surface area (Å²) in [5.74, 6) is -3.72. The number of nitrogens with one attached hydrogen (secondary N) is 2. The molecule has 1 aromatic carbocycles. The lowest BCUT2D eigenvalue weighted by molar-refractivity contribution is -0.146. The first kappa shape index (κ1) is 20.3. The smallest absolute Gasteiger partial charge is 0.315 e. The van der Waals surface area contributed by atoms with Crippen molar-refractivity contribution in [3.05, 3.63) is 29.8 Å². The predicted octanol–water partition coefficient (Wildman–Crippen LogP) is 2.49. The van der Waals surface area contributed by atoms with E-state index in [1.54, 1.807) is 38.1 Å². The van der Waals surface area contributed by atoms with Gasteiger partial charge >= 0.3 is 5.97 Å². The van der Waals surface area contributed by atoms with Crippen LogP contribution in [0.2, 0.25) is 0 Å². The summed E-state index contributed by atoms with van der Waals surface area (Å²) in [7, 11) is 1.32. The minimum absolute atomic E-state index is 0. The summed E-state index contributed by atoms with van der Waals surface area (Å²) in [5.41, 5.74) is 0.399. The number of rotatable bonds is 4. The van der Waals surface area contributed by atoms with Crippen molar-refractivity contribution in [2.75, 3.05) is 19.0 Å². The highest BCUT2D eigenvalue weighted by atomic mass is 35.5. The quantitative estimate of drug-likeness (QED) is 0.808. The van der Waals surface area contributed by atoms with Gasteiger partial charge in [-0.1, -0.05) is 12.1 Å². The first-order valence-electron chi connectivity index (χ1n) is 7.27. The largest absolute Gasteiger partial charge is 0.468 e. The average Bonchev–Trinajstić information content (AvgIpc) is 2.87. The average molecular weight is 363 g/mol. The van der Waals surface area contributed by atoms with E-state index in [1.165, 1.54) is 7.11 Å². The number of methoxy groups -OCH3 is 1. The number of ether oxygens (including phenoxy) is 1. The Kier molecular flexibility index (Phi) is 6.30. The van der Waals surface area contributed by atoms with Gasteiger partial charge in [-0.05, 0) is 31.5 Å². The molecule has 134 valence electrons. The number of carbonyl (C=O) groups excluding carboxylic acids is 2. The lowest BCUT2D eigenvalue weighted by atomic mass is 9.85. The minimum atomic E-state index is -2.85. The van der Waals surface area contributed by atoms with Crippen LogP contribution in [0.4, 0.5) is 14.5 Å². The second-order valence-corrected chi connectivity index (χ2v) is 6.18. The fourth-order valence-corrected chi connectivity index (χ4v) is 2.47. The van der Waals surface area contributed by atoms with Gasteiger partial charge in [0, 0.05) is 12.1 Å². The van der Waals surface area contributed by atoms with Crippen LogP contribution in [0.1, 0.15) is 25.8 Å². The third-order valence-corrected chi connectivity index (χ3v) is 4.00. The second-order valence-electron chi connectivity index (χ2n) is 6.18. The number of amides is 1. The van der Waals surface area contributed by atoms with E-state index >= 15 is 0 Å². The predicted molar refractivity (Wildman–Crippen MR) is 88.7 cm³/mol. The Labute approximate surface area is 145 Å². The molecule has 1 fully saturated rings. The van der Waals surface area contributed by atoms with Crippen molar-refractivity contribution in [1.29, 1.82) is 0 Å². The molecule has 2 N–H and O–H groups in total. The van der Waals surface area contributed by atoms with Crippen LogP contribution in [-0.4, -0.2) is 37.5 Å². The van der Waals surface area contributed by atoms with Crippen molar-refractivity contribution >= 4 is 30.0 Å². The number of carbonyl (C=O) groups is 2. The van der Waals surface area contributed by atoms with E-state index in [0.29, 0.717) is 5.69 Å². The zero-order valence-electron chi connectivity index (χ0n) is 13.7. The molecule has 1 atom stereocenters. The monoisotopic (exact) mass is 362 g/mol. The molecule has 0 radical (unpaired) electrons. The molecule has 0 aromatic heterocycles. The number of esters is 1. The van der Waals surface area contributed by atoms with Crippen LogP contribution in [0.25, 0.3) is 0 Å². The van der Waals surface area contributed by atoms with Gasteiger partial charge in [-0.15, -0.1) is 12.4 Å². The van der Waals surface area contributed by atoms with Gasteiger partial charge in [-0.25, -0.2) is 8.78 Å². The first-order chi connectivity index (χ1) is 10.7. The van der Waals surface area contributed by atoms with Crippen LogP contribution in [0, 0.1) is 0 Å². The molecule has 1 amide bonds. The van der Waals surface area contributed by atoms with E-state index in [2.05, 4.69) is 10.6 Å². The van der Waals surface area contributed by atoms with E-state index in [1.807, 2.05) is 0 Å². The number of hydrogen-bond donors (Lipinski definition) is 2. The van der Waals surface area contributed by atoms with Gasteiger partial charge in [0.1, 0.15) is 0 Å². The molecule has 2 rings (SSSR count). The summed E-state index contributed by atoms with van der Waals surface area (Å²) in [4.78, 5) is 23.7. The summed E-state index contributed by atoms with van der Waals surface area (Å²) in [6, 6.07) is 5.75. The van der Waals surface area contributed by atoms with Crippen molar-refractivity contribution in [3.63, 3.8) is 0 Å². The maximum absolute atomic E-state index is 13.1. The molecule has 1 unspecified atom stereocenters. The Hall–Kier alpha value is -1.73. The molecule has 0 aliphatic carbocycles. The molecule has 0 spiro atoms. The van der Waals surface area contributed by atoms with Gasteiger partial charge < -0.3 is 10.1 Å². The summed E-state index contributed by atoms with van der Waals surface area (Å²) < 4.78 is 31.0. The van der Waals surface area contributed by atoms with Gasteiger partial charge in [-0.2, -0.15) is 0 Å². The number of halogens is 3. The molecule has 8 heteroatoms. The Morgan fingerprint density at radius 2 is 1.88 bits per heavy atom. The van der Waals surface area contributed by atoms with Crippen LogP contribution in [-0.2, 0) is 19.7 Å². The molecule has 24 heavy (non-hydrogen) atoms. The third-order valence-electron chi connectivity index (χ3n) is 4.00. The molecular formula is C16H21ClF2N2O3. The normalized spacial score (nSPS) is 19.3. The molecule has 1 aliphatic rings. The van der Waals surface area contributed by atoms with Crippen LogP contribution in [0.15, 0.2) is 24.3 Å². The van der Waals surface area contributed by atoms with Crippen molar-refractivity contribution in [1.82, 2.24) is 5.32 Å². The van der Waals surface area contributed by atoms with Crippen molar-refractivity contribution < 1.29 is 23.1 Å². The lowest BCUT2D eigenvalue weighted by Crippen LogP contribution is -2.35. The molecule has 0 bridgehead atoms. The van der Waals surface area contributed by atoms with Gasteiger partial charge in [0.25, 0.3) is 5.92 Å². The number of alkyl halides is 2. The topological polar surface area (TPSA) is 67.4 Å². The van der Waals surface area contributed by atoms with Crippen molar-refractivity contribution in [2.24, 2.45) is 0 Å². The summed E-state index contributed by atoms with van der Waals surface area (Å²) in [5, 5.41) is 5.09. The first-order valence-corrected chi connectivity index (χ1v) is 7.27. The van der Waals surface area contributed by atoms with Gasteiger partial charge in [0.05, 0.1) is 25.1 Å². The second kappa shape index (κ2) is 7.44. The van der Waals surface area contributed by atoms with Gasteiger partial charge in [0.2, 0.25) is 5.91 Å². The molecule has 0 saturated carbocycles. The highest BCUT2D eigenvalue weighted by Crippen LogP contribution is 2.27. The lowest BCUT2D eigenvalue weighted by Gasteiger charge is -2.22. The SMILES string of the molecule is COC(=O)C(C)(C)c1ccc(NC(=O)C2CC(F)(F)CN2)cc1.Cl. The number of benzene rings is 1. The fraction of sp³-hybridized carbons (Fsp3) is 0.500. The fourth-order valence-electron chi connectivity index (χ4n) is 2.47. The van der Waals surface area contributed by atoms with Crippen molar-refractivity contribution in [3.8, 4) is 0 Å². The standard InChI is InChI=1S/C16H20F2N2O3.ClH/c1-15(2,14(22)23-3)10-4-6-11(7-5-10)20-13(21)12-8-16(17,18)9-19-12;/h4-7,12,19H,8-9H2,1-3H3,(H,20,21);1H. The van der Waals surface area contributed by atoms with E-state index in [-0.39, 0.29) is 18.4 Å². The van der Waals surface area contributed by atoms with Crippen LogP contribution in [0.5, 0.6) is 0 Å². The van der Waals surface area contributed by atoms with E-state index in [0.717, 1.165) is 5.56 Å². The van der Waals surface area contributed by atoms with Crippen LogP contribution >= 0.6 is 12.4 Å². The zero-order chi connectivity index (χ0) is 17.3. The molecule has 5 nitrogen and oxygen atoms in total. The molecule has 1 aromatic rings. The van der Waals surface area contributed by atoms with Gasteiger partial charge in [0.15, 0.2) is 0 Å². The van der Waals surface area contributed by atoms with E-state index in [9.17, 15) is 18.4 Å². The Bertz CT molecular complexity index is 606. The molecule has 1 aliphatic heterocycles. The Morgan fingerprint density at radius 1 is 1.29 bits per heavy atom. The summed E-state index contributed by atoms with van der Waals surface area (Å²) in [6.07, 6.45) is -0.508. The molecular weight excluding hydrogens is 342 g/mol. The van der Waals surface area contributed by atoms with Crippen LogP contribution in [0.3, 0.4) is 0 Å². The van der Waals surface area contributed by atoms with E-state index in [4.69, 9.17) is 4.74 Å². The maximum atomic E-state index is 13.1. The highest BCUT2D eigenvalue weighted by Gasteiger charge is 2.42. The summed E-state index contributed by atoms with van der Waals surface area (Å²) in [6.45, 7) is 2.98. The van der Waals surface area contributed by atoms with Crippen LogP contribution < -0.4 is 10.6 Å².